The van der Waals surface area contributed by atoms with E-state index < -0.39 is 0 Å². The Balaban J connectivity index is 0.00000324. The van der Waals surface area contributed by atoms with Crippen molar-refractivity contribution >= 4 is 18.3 Å². The first kappa shape index (κ1) is 17.9. The Labute approximate surface area is 120 Å². The number of carbonyl (C=O) groups is 1. The van der Waals surface area contributed by atoms with E-state index in [9.17, 15) is 9.18 Å². The lowest BCUT2D eigenvalue weighted by atomic mass is 10.00. The number of amides is 1. The minimum atomic E-state index is -0.249. The van der Waals surface area contributed by atoms with Crippen LogP contribution in [0.25, 0.3) is 0 Å². The predicted octanol–water partition coefficient (Wildman–Crippen LogP) is 2.15. The van der Waals surface area contributed by atoms with Crippen LogP contribution in [0.5, 0.6) is 0 Å². The molecule has 0 heterocycles. The summed E-state index contributed by atoms with van der Waals surface area (Å²) in [6.45, 7) is 4.38. The van der Waals surface area contributed by atoms with Gasteiger partial charge in [-0.25, -0.2) is 4.39 Å². The maximum absolute atomic E-state index is 13.4. The maximum atomic E-state index is 13.4. The highest BCUT2D eigenvalue weighted by molar-refractivity contribution is 5.85. The fourth-order valence-corrected chi connectivity index (χ4v) is 1.62. The lowest BCUT2D eigenvalue weighted by Gasteiger charge is -2.15. The molecule has 19 heavy (non-hydrogen) atoms. The molecule has 1 aromatic rings. The van der Waals surface area contributed by atoms with Crippen LogP contribution in [0.15, 0.2) is 24.3 Å². The number of nitrogens with one attached hydrogen (secondary N) is 2. The van der Waals surface area contributed by atoms with Crippen molar-refractivity contribution in [2.75, 3.05) is 13.6 Å². The summed E-state index contributed by atoms with van der Waals surface area (Å²) in [5, 5.41) is 5.89. The second kappa shape index (κ2) is 8.88. The van der Waals surface area contributed by atoms with E-state index in [1.165, 1.54) is 6.07 Å². The zero-order valence-electron chi connectivity index (χ0n) is 11.6. The Bertz CT molecular complexity index is 401. The minimum absolute atomic E-state index is 0. The SMILES string of the molecule is CNC(C)CNC(=O)C(C)Cc1ccccc1F.Cl. The number of carbonyl (C=O) groups excluding carboxylic acids is 1. The van der Waals surface area contributed by atoms with Crippen molar-refractivity contribution in [1.82, 2.24) is 10.6 Å². The van der Waals surface area contributed by atoms with Crippen LogP contribution in [0.4, 0.5) is 4.39 Å². The van der Waals surface area contributed by atoms with Crippen LogP contribution in [0, 0.1) is 11.7 Å². The molecular weight excluding hydrogens is 267 g/mol. The molecule has 0 radical (unpaired) electrons. The largest absolute Gasteiger partial charge is 0.354 e. The molecule has 5 heteroatoms. The Morgan fingerprint density at radius 1 is 1.32 bits per heavy atom. The van der Waals surface area contributed by atoms with Gasteiger partial charge >= 0.3 is 0 Å². The van der Waals surface area contributed by atoms with Gasteiger partial charge in [-0.15, -0.1) is 12.4 Å². The fourth-order valence-electron chi connectivity index (χ4n) is 1.62. The molecule has 0 aliphatic rings. The summed E-state index contributed by atoms with van der Waals surface area (Å²) in [5.41, 5.74) is 0.585. The Hall–Kier alpha value is -1.13. The first-order chi connectivity index (χ1) is 8.54. The second-order valence-corrected chi connectivity index (χ2v) is 4.63. The fraction of sp³-hybridized carbons (Fsp3) is 0.500. The van der Waals surface area contributed by atoms with Crippen LogP contribution in [0.3, 0.4) is 0 Å². The molecule has 0 saturated heterocycles. The standard InChI is InChI=1S/C14H21FN2O.ClH/c1-10(14(18)17-9-11(2)16-3)8-12-6-4-5-7-13(12)15;/h4-7,10-11,16H,8-9H2,1-3H3,(H,17,18);1H. The topological polar surface area (TPSA) is 41.1 Å². The molecule has 0 fully saturated rings. The maximum Gasteiger partial charge on any atom is 0.223 e. The van der Waals surface area contributed by atoms with Gasteiger partial charge in [0.2, 0.25) is 5.91 Å². The number of rotatable bonds is 6. The molecule has 0 bridgehead atoms. The highest BCUT2D eigenvalue weighted by Crippen LogP contribution is 2.12. The van der Waals surface area contributed by atoms with Crippen molar-refractivity contribution in [2.24, 2.45) is 5.92 Å². The van der Waals surface area contributed by atoms with Gasteiger partial charge in [-0.05, 0) is 32.0 Å². The predicted molar refractivity (Wildman–Crippen MR) is 78.0 cm³/mol. The van der Waals surface area contributed by atoms with Gasteiger partial charge < -0.3 is 10.6 Å². The van der Waals surface area contributed by atoms with Crippen molar-refractivity contribution in [3.8, 4) is 0 Å². The lowest BCUT2D eigenvalue weighted by Crippen LogP contribution is -2.39. The van der Waals surface area contributed by atoms with E-state index in [-0.39, 0.29) is 36.1 Å². The van der Waals surface area contributed by atoms with Crippen molar-refractivity contribution < 1.29 is 9.18 Å². The summed E-state index contributed by atoms with van der Waals surface area (Å²) in [6, 6.07) is 6.80. The number of hydrogen-bond donors (Lipinski definition) is 2. The van der Waals surface area contributed by atoms with E-state index in [1.54, 1.807) is 18.2 Å². The molecule has 0 aromatic heterocycles. The molecule has 1 aromatic carbocycles. The van der Waals surface area contributed by atoms with Crippen LogP contribution in [0.1, 0.15) is 19.4 Å². The second-order valence-electron chi connectivity index (χ2n) is 4.63. The Kier molecular flexibility index (Phi) is 8.35. The number of likely N-dealkylation sites (N-methyl/N-ethyl adjacent to an activating group) is 1. The first-order valence-corrected chi connectivity index (χ1v) is 6.23. The van der Waals surface area contributed by atoms with Gasteiger partial charge in [-0.2, -0.15) is 0 Å². The summed E-state index contributed by atoms with van der Waals surface area (Å²) < 4.78 is 13.4. The molecule has 0 saturated carbocycles. The third-order valence-corrected chi connectivity index (χ3v) is 3.01. The first-order valence-electron chi connectivity index (χ1n) is 6.23. The summed E-state index contributed by atoms with van der Waals surface area (Å²) in [7, 11) is 1.85. The highest BCUT2D eigenvalue weighted by atomic mass is 35.5. The average molecular weight is 289 g/mol. The van der Waals surface area contributed by atoms with Crippen LogP contribution in [0.2, 0.25) is 0 Å². The normalized spacial score (nSPS) is 13.3. The van der Waals surface area contributed by atoms with Gasteiger partial charge in [-0.3, -0.25) is 4.79 Å². The summed E-state index contributed by atoms with van der Waals surface area (Å²) in [5.74, 6) is -0.521. The van der Waals surface area contributed by atoms with Gasteiger partial charge in [0.25, 0.3) is 0 Å². The van der Waals surface area contributed by atoms with Crippen molar-refractivity contribution in [1.29, 1.82) is 0 Å². The summed E-state index contributed by atoms with van der Waals surface area (Å²) in [4.78, 5) is 11.8. The van der Waals surface area contributed by atoms with E-state index in [0.29, 0.717) is 18.5 Å². The van der Waals surface area contributed by atoms with Crippen LogP contribution in [-0.2, 0) is 11.2 Å². The van der Waals surface area contributed by atoms with Crippen molar-refractivity contribution in [3.63, 3.8) is 0 Å². The van der Waals surface area contributed by atoms with Gasteiger partial charge in [0, 0.05) is 18.5 Å². The van der Waals surface area contributed by atoms with Gasteiger partial charge in [-0.1, -0.05) is 25.1 Å². The van der Waals surface area contributed by atoms with E-state index in [0.717, 1.165) is 0 Å². The lowest BCUT2D eigenvalue weighted by molar-refractivity contribution is -0.124. The molecule has 2 atom stereocenters. The number of halogens is 2. The number of hydrogen-bond acceptors (Lipinski definition) is 2. The zero-order valence-corrected chi connectivity index (χ0v) is 12.4. The smallest absolute Gasteiger partial charge is 0.223 e. The molecule has 1 rings (SSSR count). The monoisotopic (exact) mass is 288 g/mol. The van der Waals surface area contributed by atoms with E-state index in [1.807, 2.05) is 20.9 Å². The van der Waals surface area contributed by atoms with Gasteiger partial charge in [0.05, 0.1) is 0 Å². The molecule has 0 spiro atoms. The molecule has 0 aliphatic heterocycles. The Morgan fingerprint density at radius 3 is 2.53 bits per heavy atom. The molecule has 0 aliphatic carbocycles. The third-order valence-electron chi connectivity index (χ3n) is 3.01. The van der Waals surface area contributed by atoms with Gasteiger partial charge in [0.1, 0.15) is 5.82 Å². The van der Waals surface area contributed by atoms with E-state index >= 15 is 0 Å². The van der Waals surface area contributed by atoms with Crippen LogP contribution in [-0.4, -0.2) is 25.5 Å². The molecule has 3 nitrogen and oxygen atoms in total. The van der Waals surface area contributed by atoms with Crippen LogP contribution >= 0.6 is 12.4 Å². The molecule has 108 valence electrons. The van der Waals surface area contributed by atoms with Crippen molar-refractivity contribution in [3.05, 3.63) is 35.6 Å². The van der Waals surface area contributed by atoms with Crippen molar-refractivity contribution in [2.45, 2.75) is 26.3 Å². The zero-order chi connectivity index (χ0) is 13.5. The van der Waals surface area contributed by atoms with E-state index in [2.05, 4.69) is 10.6 Å². The van der Waals surface area contributed by atoms with Crippen LogP contribution < -0.4 is 10.6 Å². The van der Waals surface area contributed by atoms with Gasteiger partial charge in [0.15, 0.2) is 0 Å². The minimum Gasteiger partial charge on any atom is -0.354 e. The Morgan fingerprint density at radius 2 is 1.95 bits per heavy atom. The summed E-state index contributed by atoms with van der Waals surface area (Å²) in [6.07, 6.45) is 0.423. The summed E-state index contributed by atoms with van der Waals surface area (Å²) >= 11 is 0. The quantitative estimate of drug-likeness (QED) is 0.842. The molecular formula is C14H22ClFN2O. The third kappa shape index (κ3) is 6.03. The number of benzene rings is 1. The molecule has 2 unspecified atom stereocenters. The molecule has 2 N–H and O–H groups in total. The van der Waals surface area contributed by atoms with E-state index in [4.69, 9.17) is 0 Å². The average Bonchev–Trinajstić information content (AvgIpc) is 2.38. The highest BCUT2D eigenvalue weighted by Gasteiger charge is 2.15. The molecule has 1 amide bonds.